The first-order valence-corrected chi connectivity index (χ1v) is 6.71. The zero-order valence-electron chi connectivity index (χ0n) is 8.68. The molecular weight excluding hydrogens is 258 g/mol. The molecule has 9 heteroatoms. The van der Waals surface area contributed by atoms with Crippen LogP contribution in [0.5, 0.6) is 0 Å². The second-order valence-electron chi connectivity index (χ2n) is 3.33. The van der Waals surface area contributed by atoms with Crippen molar-refractivity contribution in [1.82, 2.24) is 9.78 Å². The smallest absolute Gasteiger partial charge is 0.258 e. The number of hydrogen-bond donors (Lipinski definition) is 0. The van der Waals surface area contributed by atoms with E-state index in [-0.39, 0.29) is 28.8 Å². The minimum absolute atomic E-state index is 0.00630. The number of rotatable bonds is 4. The van der Waals surface area contributed by atoms with E-state index in [0.29, 0.717) is 0 Å². The molecule has 1 rings (SSSR count). The summed E-state index contributed by atoms with van der Waals surface area (Å²) in [5.74, 6) is -0.162. The van der Waals surface area contributed by atoms with Crippen LogP contribution in [0.25, 0.3) is 0 Å². The molecule has 0 aromatic carbocycles. The highest BCUT2D eigenvalue weighted by Crippen LogP contribution is 2.27. The van der Waals surface area contributed by atoms with Gasteiger partial charge in [0.15, 0.2) is 0 Å². The van der Waals surface area contributed by atoms with Crippen LogP contribution in [0.15, 0.2) is 0 Å². The Balaban J connectivity index is 3.00. The van der Waals surface area contributed by atoms with E-state index in [1.807, 2.05) is 0 Å². The Morgan fingerprint density at radius 2 is 2.12 bits per heavy atom. The fourth-order valence-electron chi connectivity index (χ4n) is 1.15. The summed E-state index contributed by atoms with van der Waals surface area (Å²) in [5.41, 5.74) is -0.112. The van der Waals surface area contributed by atoms with E-state index in [9.17, 15) is 18.5 Å². The Hall–Kier alpha value is -1.15. The third kappa shape index (κ3) is 2.92. The summed E-state index contributed by atoms with van der Waals surface area (Å²) < 4.78 is 23.0. The van der Waals surface area contributed by atoms with Crippen LogP contribution in [-0.2, 0) is 16.4 Å². The lowest BCUT2D eigenvalue weighted by atomic mass is 10.4. The summed E-state index contributed by atoms with van der Waals surface area (Å²) in [7, 11) is -3.15. The van der Waals surface area contributed by atoms with Gasteiger partial charge in [-0.15, -0.1) is 0 Å². The maximum Gasteiger partial charge on any atom is 0.328 e. The van der Waals surface area contributed by atoms with E-state index in [2.05, 4.69) is 5.10 Å². The Morgan fingerprint density at radius 1 is 1.56 bits per heavy atom. The molecule has 0 aliphatic heterocycles. The van der Waals surface area contributed by atoms with Crippen LogP contribution in [0.3, 0.4) is 0 Å². The standard InChI is InChI=1S/C7H10ClN3O4S/c1-5-6(11(12)13)7(8)10(9-5)3-4-16(2,14)15/h3-4H2,1-2H3. The molecule has 0 aliphatic rings. The normalized spacial score (nSPS) is 11.7. The van der Waals surface area contributed by atoms with Crippen LogP contribution in [0.4, 0.5) is 5.69 Å². The van der Waals surface area contributed by atoms with Crippen LogP contribution >= 0.6 is 11.6 Å². The molecule has 0 N–H and O–H groups in total. The maximum atomic E-state index is 10.9. The van der Waals surface area contributed by atoms with Gasteiger partial charge in [-0.25, -0.2) is 13.1 Å². The lowest BCUT2D eigenvalue weighted by molar-refractivity contribution is -0.385. The first-order chi connectivity index (χ1) is 7.22. The van der Waals surface area contributed by atoms with E-state index in [1.54, 1.807) is 0 Å². The van der Waals surface area contributed by atoms with Crippen LogP contribution in [0.1, 0.15) is 5.69 Å². The van der Waals surface area contributed by atoms with E-state index in [0.717, 1.165) is 10.9 Å². The van der Waals surface area contributed by atoms with Crippen LogP contribution in [0.2, 0.25) is 5.15 Å². The SMILES string of the molecule is Cc1nn(CCS(C)(=O)=O)c(Cl)c1[N+](=O)[O-]. The topological polar surface area (TPSA) is 95.1 Å². The van der Waals surface area contributed by atoms with Gasteiger partial charge in [-0.05, 0) is 6.92 Å². The van der Waals surface area contributed by atoms with Gasteiger partial charge in [-0.1, -0.05) is 11.6 Å². The summed E-state index contributed by atoms with van der Waals surface area (Å²) in [4.78, 5) is 9.97. The van der Waals surface area contributed by atoms with Crippen molar-refractivity contribution in [2.75, 3.05) is 12.0 Å². The van der Waals surface area contributed by atoms with E-state index < -0.39 is 14.8 Å². The van der Waals surface area contributed by atoms with Crippen molar-refractivity contribution in [3.63, 3.8) is 0 Å². The minimum Gasteiger partial charge on any atom is -0.258 e. The average molecular weight is 268 g/mol. The molecule has 90 valence electrons. The molecule has 0 fully saturated rings. The zero-order chi connectivity index (χ0) is 12.5. The lowest BCUT2D eigenvalue weighted by Gasteiger charge is -2.00. The van der Waals surface area contributed by atoms with Gasteiger partial charge < -0.3 is 0 Å². The molecule has 0 saturated carbocycles. The lowest BCUT2D eigenvalue weighted by Crippen LogP contribution is -2.12. The van der Waals surface area contributed by atoms with E-state index >= 15 is 0 Å². The third-order valence-electron chi connectivity index (χ3n) is 1.89. The Bertz CT molecular complexity index is 522. The quantitative estimate of drug-likeness (QED) is 0.594. The molecule has 0 unspecified atom stereocenters. The van der Waals surface area contributed by atoms with Gasteiger partial charge in [0.25, 0.3) is 0 Å². The first-order valence-electron chi connectivity index (χ1n) is 4.27. The Kier molecular flexibility index (Phi) is 3.54. The molecule has 1 aromatic rings. The van der Waals surface area contributed by atoms with Crippen molar-refractivity contribution in [1.29, 1.82) is 0 Å². The number of nitrogens with zero attached hydrogens (tertiary/aromatic N) is 3. The van der Waals surface area contributed by atoms with Gasteiger partial charge in [0.05, 0.1) is 17.2 Å². The molecular formula is C7H10ClN3O4S. The average Bonchev–Trinajstić information content (AvgIpc) is 2.36. The highest BCUT2D eigenvalue weighted by Gasteiger charge is 2.23. The molecule has 0 radical (unpaired) electrons. The third-order valence-corrected chi connectivity index (χ3v) is 3.19. The molecule has 7 nitrogen and oxygen atoms in total. The summed E-state index contributed by atoms with van der Waals surface area (Å²) in [5, 5.41) is 14.3. The zero-order valence-corrected chi connectivity index (χ0v) is 10.2. The molecule has 0 aliphatic carbocycles. The van der Waals surface area contributed by atoms with E-state index in [1.165, 1.54) is 6.92 Å². The molecule has 0 amide bonds. The predicted octanol–water partition coefficient (Wildman–Crippen LogP) is 0.798. The van der Waals surface area contributed by atoms with Crippen LogP contribution < -0.4 is 0 Å². The number of aromatic nitrogens is 2. The highest BCUT2D eigenvalue weighted by atomic mass is 35.5. The number of hydrogen-bond acceptors (Lipinski definition) is 5. The summed E-state index contributed by atoms with van der Waals surface area (Å²) in [6.07, 6.45) is 1.08. The monoisotopic (exact) mass is 267 g/mol. The maximum absolute atomic E-state index is 10.9. The predicted molar refractivity (Wildman–Crippen MR) is 58.3 cm³/mol. The largest absolute Gasteiger partial charge is 0.328 e. The fraction of sp³-hybridized carbons (Fsp3) is 0.571. The number of sulfone groups is 1. The summed E-state index contributed by atoms with van der Waals surface area (Å²) in [6.45, 7) is 1.45. The second-order valence-corrected chi connectivity index (χ2v) is 5.95. The van der Waals surface area contributed by atoms with Gasteiger partial charge in [-0.2, -0.15) is 5.10 Å². The Labute approximate surface area is 97.1 Å². The Morgan fingerprint density at radius 3 is 2.50 bits per heavy atom. The van der Waals surface area contributed by atoms with Crippen molar-refractivity contribution in [2.45, 2.75) is 13.5 Å². The highest BCUT2D eigenvalue weighted by molar-refractivity contribution is 7.90. The van der Waals surface area contributed by atoms with Gasteiger partial charge in [0, 0.05) is 6.26 Å². The molecule has 0 spiro atoms. The number of aryl methyl sites for hydroxylation is 2. The molecule has 1 aromatic heterocycles. The van der Waals surface area contributed by atoms with Crippen molar-refractivity contribution < 1.29 is 13.3 Å². The molecule has 16 heavy (non-hydrogen) atoms. The van der Waals surface area contributed by atoms with Gasteiger partial charge in [0.1, 0.15) is 15.5 Å². The summed E-state index contributed by atoms with van der Waals surface area (Å²) >= 11 is 5.72. The fourth-order valence-corrected chi connectivity index (χ4v) is 1.98. The van der Waals surface area contributed by atoms with Crippen molar-refractivity contribution >= 4 is 27.1 Å². The van der Waals surface area contributed by atoms with Crippen LogP contribution in [0, 0.1) is 17.0 Å². The van der Waals surface area contributed by atoms with Crippen molar-refractivity contribution in [2.24, 2.45) is 0 Å². The second kappa shape index (κ2) is 4.38. The first kappa shape index (κ1) is 12.9. The summed E-state index contributed by atoms with van der Waals surface area (Å²) in [6, 6.07) is 0. The van der Waals surface area contributed by atoms with Crippen molar-refractivity contribution in [3.8, 4) is 0 Å². The van der Waals surface area contributed by atoms with E-state index in [4.69, 9.17) is 11.6 Å². The minimum atomic E-state index is -3.15. The van der Waals surface area contributed by atoms with Gasteiger partial charge >= 0.3 is 5.69 Å². The number of halogens is 1. The molecule has 0 atom stereocenters. The van der Waals surface area contributed by atoms with Crippen molar-refractivity contribution in [3.05, 3.63) is 21.0 Å². The number of nitro groups is 1. The molecule has 1 heterocycles. The van der Waals surface area contributed by atoms with Crippen LogP contribution in [-0.4, -0.2) is 35.1 Å². The molecule has 0 saturated heterocycles. The molecule has 0 bridgehead atoms. The van der Waals surface area contributed by atoms with Gasteiger partial charge in [0.2, 0.25) is 5.15 Å². The van der Waals surface area contributed by atoms with Gasteiger partial charge in [-0.3, -0.25) is 10.1 Å².